The molecule has 0 amide bonds. The zero-order chi connectivity index (χ0) is 10.3. The molecule has 4 heteroatoms. The summed E-state index contributed by atoms with van der Waals surface area (Å²) in [5, 5.41) is 8.55. The molecule has 0 spiro atoms. The fourth-order valence-corrected chi connectivity index (χ4v) is 1.96. The van der Waals surface area contributed by atoms with Crippen LogP contribution in [0.15, 0.2) is 12.1 Å². The van der Waals surface area contributed by atoms with E-state index in [1.54, 1.807) is 0 Å². The minimum atomic E-state index is 0.473. The smallest absolute Gasteiger partial charge is 0.151 e. The number of halogens is 1. The highest BCUT2D eigenvalue weighted by Gasteiger charge is 2.34. The third-order valence-corrected chi connectivity index (χ3v) is 3.25. The van der Waals surface area contributed by atoms with Crippen molar-refractivity contribution in [3.05, 3.63) is 17.3 Å². The summed E-state index contributed by atoms with van der Waals surface area (Å²) in [7, 11) is 0. The lowest BCUT2D eigenvalue weighted by Gasteiger charge is -2.22. The van der Waals surface area contributed by atoms with Gasteiger partial charge in [0.2, 0.25) is 0 Å². The van der Waals surface area contributed by atoms with Gasteiger partial charge in [-0.05, 0) is 43.7 Å². The standard InChI is InChI=1S/C11H14ClN3/c12-10-5-6-11(14-13-10)15(9-3-4-9)7-8-1-2-8/h5-6,8-9H,1-4,7H2. The molecule has 0 N–H and O–H groups in total. The summed E-state index contributed by atoms with van der Waals surface area (Å²) in [4.78, 5) is 2.40. The zero-order valence-corrected chi connectivity index (χ0v) is 9.32. The average Bonchev–Trinajstić information content (AvgIpc) is 3.10. The van der Waals surface area contributed by atoms with Gasteiger partial charge < -0.3 is 4.90 Å². The predicted molar refractivity (Wildman–Crippen MR) is 60.1 cm³/mol. The van der Waals surface area contributed by atoms with E-state index in [4.69, 9.17) is 11.6 Å². The first-order valence-electron chi connectivity index (χ1n) is 5.59. The topological polar surface area (TPSA) is 29.0 Å². The van der Waals surface area contributed by atoms with Crippen molar-refractivity contribution in [1.82, 2.24) is 10.2 Å². The Morgan fingerprint density at radius 3 is 2.53 bits per heavy atom. The second-order valence-electron chi connectivity index (χ2n) is 4.54. The Labute approximate surface area is 94.4 Å². The summed E-state index contributed by atoms with van der Waals surface area (Å²) in [5.74, 6) is 1.89. The van der Waals surface area contributed by atoms with Crippen LogP contribution >= 0.6 is 11.6 Å². The monoisotopic (exact) mass is 223 g/mol. The van der Waals surface area contributed by atoms with Crippen molar-refractivity contribution >= 4 is 17.4 Å². The molecule has 0 aliphatic heterocycles. The van der Waals surface area contributed by atoms with Crippen molar-refractivity contribution in [3.8, 4) is 0 Å². The van der Waals surface area contributed by atoms with Crippen molar-refractivity contribution < 1.29 is 0 Å². The van der Waals surface area contributed by atoms with Crippen molar-refractivity contribution in [3.63, 3.8) is 0 Å². The molecule has 0 bridgehead atoms. The Hall–Kier alpha value is -0.830. The SMILES string of the molecule is Clc1ccc(N(CC2CC2)C2CC2)nn1. The van der Waals surface area contributed by atoms with Gasteiger partial charge in [-0.3, -0.25) is 0 Å². The molecular formula is C11H14ClN3. The van der Waals surface area contributed by atoms with Crippen LogP contribution in [0.4, 0.5) is 5.82 Å². The van der Waals surface area contributed by atoms with E-state index in [9.17, 15) is 0 Å². The van der Waals surface area contributed by atoms with Gasteiger partial charge >= 0.3 is 0 Å². The molecule has 80 valence electrons. The van der Waals surface area contributed by atoms with Gasteiger partial charge in [-0.15, -0.1) is 10.2 Å². The summed E-state index contributed by atoms with van der Waals surface area (Å²) < 4.78 is 0. The predicted octanol–water partition coefficient (Wildman–Crippen LogP) is 2.51. The van der Waals surface area contributed by atoms with E-state index in [1.807, 2.05) is 12.1 Å². The maximum absolute atomic E-state index is 5.74. The van der Waals surface area contributed by atoms with E-state index < -0.39 is 0 Å². The van der Waals surface area contributed by atoms with Crippen LogP contribution in [0.3, 0.4) is 0 Å². The lowest BCUT2D eigenvalue weighted by molar-refractivity contribution is 0.702. The molecule has 0 saturated heterocycles. The van der Waals surface area contributed by atoms with Crippen LogP contribution in [-0.4, -0.2) is 22.8 Å². The molecule has 1 aromatic rings. The van der Waals surface area contributed by atoms with Crippen LogP contribution in [0.2, 0.25) is 5.15 Å². The fourth-order valence-electron chi connectivity index (χ4n) is 1.86. The summed E-state index contributed by atoms with van der Waals surface area (Å²) >= 11 is 5.74. The number of nitrogens with zero attached hydrogens (tertiary/aromatic N) is 3. The van der Waals surface area contributed by atoms with E-state index in [1.165, 1.54) is 25.7 Å². The van der Waals surface area contributed by atoms with Crippen LogP contribution in [0.25, 0.3) is 0 Å². The summed E-state index contributed by atoms with van der Waals surface area (Å²) in [5.41, 5.74) is 0. The number of rotatable bonds is 4. The van der Waals surface area contributed by atoms with Crippen LogP contribution < -0.4 is 4.90 Å². The van der Waals surface area contributed by atoms with Crippen molar-refractivity contribution in [2.24, 2.45) is 5.92 Å². The molecule has 3 nitrogen and oxygen atoms in total. The molecule has 0 radical (unpaired) electrons. The van der Waals surface area contributed by atoms with E-state index in [0.717, 1.165) is 18.3 Å². The lowest BCUT2D eigenvalue weighted by atomic mass is 10.3. The van der Waals surface area contributed by atoms with Gasteiger partial charge in [0.15, 0.2) is 11.0 Å². The first kappa shape index (κ1) is 9.40. The molecule has 2 fully saturated rings. The van der Waals surface area contributed by atoms with Gasteiger partial charge in [0.1, 0.15) is 0 Å². The fraction of sp³-hybridized carbons (Fsp3) is 0.636. The Balaban J connectivity index is 1.77. The number of hydrogen-bond donors (Lipinski definition) is 0. The molecule has 1 aromatic heterocycles. The van der Waals surface area contributed by atoms with Crippen LogP contribution in [0.1, 0.15) is 25.7 Å². The Kier molecular flexibility index (Phi) is 2.28. The largest absolute Gasteiger partial charge is 0.352 e. The Morgan fingerprint density at radius 2 is 2.00 bits per heavy atom. The Bertz CT molecular complexity index is 343. The average molecular weight is 224 g/mol. The number of anilines is 1. The second-order valence-corrected chi connectivity index (χ2v) is 4.93. The van der Waals surface area contributed by atoms with Crippen LogP contribution in [-0.2, 0) is 0 Å². The summed E-state index contributed by atoms with van der Waals surface area (Å²) in [6, 6.07) is 4.52. The first-order valence-corrected chi connectivity index (χ1v) is 5.96. The van der Waals surface area contributed by atoms with E-state index in [0.29, 0.717) is 11.2 Å². The third-order valence-electron chi connectivity index (χ3n) is 3.05. The number of aromatic nitrogens is 2. The minimum Gasteiger partial charge on any atom is -0.352 e. The van der Waals surface area contributed by atoms with Gasteiger partial charge in [-0.2, -0.15) is 0 Å². The molecular weight excluding hydrogens is 210 g/mol. The highest BCUT2D eigenvalue weighted by Crippen LogP contribution is 2.36. The maximum atomic E-state index is 5.74. The van der Waals surface area contributed by atoms with Crippen molar-refractivity contribution in [2.45, 2.75) is 31.7 Å². The van der Waals surface area contributed by atoms with Gasteiger partial charge in [-0.25, -0.2) is 0 Å². The van der Waals surface area contributed by atoms with Gasteiger partial charge in [0.05, 0.1) is 0 Å². The quantitative estimate of drug-likeness (QED) is 0.786. The second kappa shape index (κ2) is 3.63. The van der Waals surface area contributed by atoms with Gasteiger partial charge in [0, 0.05) is 12.6 Å². The molecule has 2 saturated carbocycles. The van der Waals surface area contributed by atoms with Crippen molar-refractivity contribution in [2.75, 3.05) is 11.4 Å². The maximum Gasteiger partial charge on any atom is 0.151 e. The van der Waals surface area contributed by atoms with E-state index >= 15 is 0 Å². The van der Waals surface area contributed by atoms with E-state index in [2.05, 4.69) is 15.1 Å². The minimum absolute atomic E-state index is 0.473. The summed E-state index contributed by atoms with van der Waals surface area (Å²) in [6.45, 7) is 1.15. The highest BCUT2D eigenvalue weighted by atomic mass is 35.5. The highest BCUT2D eigenvalue weighted by molar-refractivity contribution is 6.29. The molecule has 2 aliphatic carbocycles. The third kappa shape index (κ3) is 2.23. The molecule has 15 heavy (non-hydrogen) atoms. The molecule has 0 atom stereocenters. The molecule has 2 aliphatic rings. The van der Waals surface area contributed by atoms with Crippen LogP contribution in [0.5, 0.6) is 0 Å². The first-order chi connectivity index (χ1) is 7.33. The van der Waals surface area contributed by atoms with Gasteiger partial charge in [0.25, 0.3) is 0 Å². The lowest BCUT2D eigenvalue weighted by Crippen LogP contribution is -2.29. The molecule has 0 aromatic carbocycles. The normalized spacial score (nSPS) is 20.3. The zero-order valence-electron chi connectivity index (χ0n) is 8.56. The molecule has 3 rings (SSSR count). The number of hydrogen-bond acceptors (Lipinski definition) is 3. The molecule has 0 unspecified atom stereocenters. The molecule has 1 heterocycles. The van der Waals surface area contributed by atoms with Crippen molar-refractivity contribution in [1.29, 1.82) is 0 Å². The summed E-state index contributed by atoms with van der Waals surface area (Å²) in [6.07, 6.45) is 5.36. The van der Waals surface area contributed by atoms with Gasteiger partial charge in [-0.1, -0.05) is 11.6 Å². The Morgan fingerprint density at radius 1 is 1.20 bits per heavy atom. The van der Waals surface area contributed by atoms with Crippen LogP contribution in [0, 0.1) is 5.92 Å². The van der Waals surface area contributed by atoms with E-state index in [-0.39, 0.29) is 0 Å².